The average molecular weight is 488 g/mol. The predicted octanol–water partition coefficient (Wildman–Crippen LogP) is 4.45. The minimum absolute atomic E-state index is 0.110. The quantitative estimate of drug-likeness (QED) is 0.242. The molecule has 0 fully saturated rings. The molecule has 2 aromatic carbocycles. The molecule has 2 aromatic rings. The van der Waals surface area contributed by atoms with Gasteiger partial charge in [-0.15, -0.1) is 0 Å². The molecule has 188 valence electrons. The minimum atomic E-state index is -0.770. The summed E-state index contributed by atoms with van der Waals surface area (Å²) in [7, 11) is 4.24. The van der Waals surface area contributed by atoms with Crippen LogP contribution in [0.2, 0.25) is 0 Å². The number of nitro groups is 1. The molecule has 0 spiro atoms. The zero-order chi connectivity index (χ0) is 26.3. The Morgan fingerprint density at radius 3 is 2.14 bits per heavy atom. The number of nitrogens with zero attached hydrogens (tertiary/aromatic N) is 3. The highest BCUT2D eigenvalue weighted by Crippen LogP contribution is 2.28. The van der Waals surface area contributed by atoms with Gasteiger partial charge < -0.3 is 14.2 Å². The summed E-state index contributed by atoms with van der Waals surface area (Å²) in [5.41, 5.74) is 0.805. The second-order valence-corrected chi connectivity index (χ2v) is 8.64. The van der Waals surface area contributed by atoms with Crippen molar-refractivity contribution in [1.82, 2.24) is 0 Å². The summed E-state index contributed by atoms with van der Waals surface area (Å²) in [6.45, 7) is 4.86. The van der Waals surface area contributed by atoms with Crippen LogP contribution in [-0.4, -0.2) is 49.9 Å². The lowest BCUT2D eigenvalue weighted by atomic mass is 10.1. The smallest absolute Gasteiger partial charge is 0.414 e. The number of ether oxygens (including phenoxy) is 3. The Balaban J connectivity index is 2.17. The van der Waals surface area contributed by atoms with Gasteiger partial charge in [-0.25, -0.2) is 9.59 Å². The largest absolute Gasteiger partial charge is 0.469 e. The average Bonchev–Trinajstić information content (AvgIpc) is 2.80. The third kappa shape index (κ3) is 7.70. The van der Waals surface area contributed by atoms with Gasteiger partial charge in [0.2, 0.25) is 0 Å². The second-order valence-electron chi connectivity index (χ2n) is 8.64. The van der Waals surface area contributed by atoms with Gasteiger partial charge in [0, 0.05) is 37.5 Å². The molecule has 0 bridgehead atoms. The first kappa shape index (κ1) is 27.1. The first-order valence-electron chi connectivity index (χ1n) is 10.6. The van der Waals surface area contributed by atoms with Crippen molar-refractivity contribution in [1.29, 1.82) is 0 Å². The Morgan fingerprint density at radius 1 is 0.971 bits per heavy atom. The fraction of sp³-hybridized carbons (Fsp3) is 0.375. The Bertz CT molecular complexity index is 1090. The summed E-state index contributed by atoms with van der Waals surface area (Å²) in [5.74, 6) is -0.374. The maximum atomic E-state index is 12.6. The van der Waals surface area contributed by atoms with Crippen LogP contribution in [0, 0.1) is 10.1 Å². The Morgan fingerprint density at radius 2 is 1.60 bits per heavy atom. The number of anilines is 2. The van der Waals surface area contributed by atoms with Crippen molar-refractivity contribution in [2.45, 2.75) is 39.4 Å². The van der Waals surface area contributed by atoms with Crippen LogP contribution in [0.5, 0.6) is 0 Å². The molecule has 0 saturated heterocycles. The molecule has 0 saturated carbocycles. The first-order valence-corrected chi connectivity index (χ1v) is 10.6. The first-order chi connectivity index (χ1) is 16.3. The number of hydrogen-bond donors (Lipinski definition) is 0. The highest BCUT2D eigenvalue weighted by atomic mass is 16.6. The summed E-state index contributed by atoms with van der Waals surface area (Å²) < 4.78 is 15.4. The number of nitro benzene ring substituents is 1. The Labute approximate surface area is 203 Å². The van der Waals surface area contributed by atoms with Gasteiger partial charge in [0.25, 0.3) is 5.69 Å². The highest BCUT2D eigenvalue weighted by Gasteiger charge is 2.24. The summed E-state index contributed by atoms with van der Waals surface area (Å²) in [6, 6.07) is 10.6. The van der Waals surface area contributed by atoms with Crippen molar-refractivity contribution < 1.29 is 33.5 Å². The molecule has 0 heterocycles. The molecule has 0 atom stereocenters. The van der Waals surface area contributed by atoms with Crippen LogP contribution in [0.1, 0.15) is 31.9 Å². The van der Waals surface area contributed by atoms with Gasteiger partial charge in [0.1, 0.15) is 12.2 Å². The molecular weight excluding hydrogens is 458 g/mol. The molecule has 0 N–H and O–H groups in total. The predicted molar refractivity (Wildman–Crippen MR) is 128 cm³/mol. The van der Waals surface area contributed by atoms with E-state index in [1.165, 1.54) is 44.3 Å². The molecule has 0 aliphatic carbocycles. The van der Waals surface area contributed by atoms with Crippen molar-refractivity contribution in [3.05, 3.63) is 63.7 Å². The number of methoxy groups -OCH3 is 1. The van der Waals surface area contributed by atoms with Gasteiger partial charge in [-0.05, 0) is 44.5 Å². The second kappa shape index (κ2) is 11.3. The number of carbonyl (C=O) groups is 3. The fourth-order valence-corrected chi connectivity index (χ4v) is 2.95. The maximum Gasteiger partial charge on any atom is 0.414 e. The number of non-ortho nitro benzene ring substituents is 1. The molecule has 11 heteroatoms. The van der Waals surface area contributed by atoms with E-state index < -0.39 is 22.7 Å². The summed E-state index contributed by atoms with van der Waals surface area (Å²) in [4.78, 5) is 49.6. The minimum Gasteiger partial charge on any atom is -0.469 e. The van der Waals surface area contributed by atoms with Gasteiger partial charge >= 0.3 is 18.2 Å². The SMILES string of the molecule is COC(=O)Cc1ccc(N(C)C(=O)OCc2ccc([N+](=O)[O-])cc2N(C)C(=O)OC(C)(C)C)cc1. The molecule has 2 rings (SSSR count). The molecule has 0 unspecified atom stereocenters. The number of amides is 2. The molecular formula is C24H29N3O8. The monoisotopic (exact) mass is 487 g/mol. The lowest BCUT2D eigenvalue weighted by Gasteiger charge is -2.26. The van der Waals surface area contributed by atoms with Gasteiger partial charge in [-0.3, -0.25) is 24.7 Å². The van der Waals surface area contributed by atoms with E-state index in [9.17, 15) is 24.5 Å². The van der Waals surface area contributed by atoms with Crippen LogP contribution in [-0.2, 0) is 32.0 Å². The van der Waals surface area contributed by atoms with Crippen LogP contribution in [0.15, 0.2) is 42.5 Å². The number of benzene rings is 2. The number of rotatable bonds is 7. The summed E-state index contributed by atoms with van der Waals surface area (Å²) in [5, 5.41) is 11.3. The van der Waals surface area contributed by atoms with Crippen molar-refractivity contribution in [3.8, 4) is 0 Å². The van der Waals surface area contributed by atoms with E-state index in [0.29, 0.717) is 11.3 Å². The molecule has 0 aliphatic rings. The molecule has 11 nitrogen and oxygen atoms in total. The van der Waals surface area contributed by atoms with Crippen molar-refractivity contribution in [3.63, 3.8) is 0 Å². The number of hydrogen-bond acceptors (Lipinski definition) is 8. The van der Waals surface area contributed by atoms with Crippen molar-refractivity contribution in [2.75, 3.05) is 31.0 Å². The van der Waals surface area contributed by atoms with E-state index in [1.807, 2.05) is 0 Å². The lowest BCUT2D eigenvalue weighted by molar-refractivity contribution is -0.384. The van der Waals surface area contributed by atoms with E-state index >= 15 is 0 Å². The standard InChI is InChI=1S/C24H29N3O8/c1-24(2,3)35-23(30)26(5)20-14-19(27(31)32)12-9-17(20)15-34-22(29)25(4)18-10-7-16(8-11-18)13-21(28)33-6/h7-12,14H,13,15H2,1-6H3. The number of carbonyl (C=O) groups excluding carboxylic acids is 3. The molecule has 35 heavy (non-hydrogen) atoms. The molecule has 0 radical (unpaired) electrons. The summed E-state index contributed by atoms with van der Waals surface area (Å²) >= 11 is 0. The summed E-state index contributed by atoms with van der Waals surface area (Å²) in [6.07, 6.45) is -1.29. The normalized spacial score (nSPS) is 10.8. The van der Waals surface area contributed by atoms with Crippen LogP contribution in [0.25, 0.3) is 0 Å². The maximum absolute atomic E-state index is 12.6. The van der Waals surface area contributed by atoms with Crippen LogP contribution in [0.3, 0.4) is 0 Å². The van der Waals surface area contributed by atoms with Crippen LogP contribution < -0.4 is 9.80 Å². The van der Waals surface area contributed by atoms with Crippen LogP contribution in [0.4, 0.5) is 26.7 Å². The zero-order valence-corrected chi connectivity index (χ0v) is 20.6. The molecule has 0 aromatic heterocycles. The van der Waals surface area contributed by atoms with E-state index in [1.54, 1.807) is 45.0 Å². The third-order valence-corrected chi connectivity index (χ3v) is 4.83. The molecule has 0 aliphatic heterocycles. The van der Waals surface area contributed by atoms with Crippen LogP contribution >= 0.6 is 0 Å². The zero-order valence-electron chi connectivity index (χ0n) is 20.6. The van der Waals surface area contributed by atoms with Gasteiger partial charge in [-0.2, -0.15) is 0 Å². The van der Waals surface area contributed by atoms with Gasteiger partial charge in [0.05, 0.1) is 24.1 Å². The van der Waals surface area contributed by atoms with Crippen molar-refractivity contribution in [2.24, 2.45) is 0 Å². The van der Waals surface area contributed by atoms with E-state index in [4.69, 9.17) is 9.47 Å². The Kier molecular flexibility index (Phi) is 8.76. The fourth-order valence-electron chi connectivity index (χ4n) is 2.95. The Hall–Kier alpha value is -4.15. The van der Waals surface area contributed by atoms with Crippen molar-refractivity contribution >= 4 is 35.2 Å². The van der Waals surface area contributed by atoms with E-state index in [-0.39, 0.29) is 30.4 Å². The molecule has 2 amide bonds. The van der Waals surface area contributed by atoms with E-state index in [2.05, 4.69) is 4.74 Å². The third-order valence-electron chi connectivity index (χ3n) is 4.83. The topological polar surface area (TPSA) is 129 Å². The highest BCUT2D eigenvalue weighted by molar-refractivity contribution is 5.89. The van der Waals surface area contributed by atoms with Gasteiger partial charge in [0.15, 0.2) is 0 Å². The van der Waals surface area contributed by atoms with E-state index in [0.717, 1.165) is 10.5 Å². The van der Waals surface area contributed by atoms with Gasteiger partial charge in [-0.1, -0.05) is 12.1 Å². The lowest BCUT2D eigenvalue weighted by Crippen LogP contribution is -2.34. The number of esters is 1.